The molecule has 1 unspecified atom stereocenters. The van der Waals surface area contributed by atoms with E-state index in [2.05, 4.69) is 4.98 Å². The Labute approximate surface area is 122 Å². The van der Waals surface area contributed by atoms with Crippen LogP contribution in [-0.4, -0.2) is 20.3 Å². The lowest BCUT2D eigenvalue weighted by atomic mass is 10.1. The van der Waals surface area contributed by atoms with Gasteiger partial charge < -0.3 is 9.52 Å². The molecule has 0 saturated carbocycles. The fourth-order valence-electron chi connectivity index (χ4n) is 2.05. The molecule has 0 radical (unpaired) electrons. The molecule has 0 saturated heterocycles. The molecule has 0 aliphatic heterocycles. The van der Waals surface area contributed by atoms with Crippen molar-refractivity contribution >= 4 is 27.7 Å². The highest BCUT2D eigenvalue weighted by molar-refractivity contribution is 7.84. The maximum Gasteiger partial charge on any atom is 0.371 e. The Hall–Kier alpha value is -2.47. The summed E-state index contributed by atoms with van der Waals surface area (Å²) in [5.74, 6) is -1.14. The molecule has 21 heavy (non-hydrogen) atoms. The third-order valence-electron chi connectivity index (χ3n) is 3.04. The van der Waals surface area contributed by atoms with Gasteiger partial charge in [0.05, 0.1) is 22.1 Å². The van der Waals surface area contributed by atoms with Crippen molar-refractivity contribution in [3.8, 4) is 0 Å². The van der Waals surface area contributed by atoms with Crippen LogP contribution in [0.5, 0.6) is 0 Å². The third kappa shape index (κ3) is 2.71. The molecule has 0 amide bonds. The Morgan fingerprint density at radius 2 is 2.00 bits per heavy atom. The number of aromatic carboxylic acids is 1. The molecule has 3 aromatic rings. The number of hydrogen-bond donors (Lipinski definition) is 1. The van der Waals surface area contributed by atoms with E-state index in [1.165, 1.54) is 12.1 Å². The molecule has 0 bridgehead atoms. The molecule has 0 spiro atoms. The van der Waals surface area contributed by atoms with Crippen LogP contribution < -0.4 is 0 Å². The first-order valence-electron chi connectivity index (χ1n) is 6.19. The van der Waals surface area contributed by atoms with Gasteiger partial charge in [-0.3, -0.25) is 9.19 Å². The van der Waals surface area contributed by atoms with Crippen LogP contribution in [0.1, 0.15) is 16.1 Å². The molecule has 1 atom stereocenters. The zero-order valence-electron chi connectivity index (χ0n) is 10.9. The second-order valence-corrected chi connectivity index (χ2v) is 5.78. The number of carbonyl (C=O) groups is 1. The quantitative estimate of drug-likeness (QED) is 0.801. The number of carboxylic acids is 1. The van der Waals surface area contributed by atoms with Crippen LogP contribution in [0.3, 0.4) is 0 Å². The summed E-state index contributed by atoms with van der Waals surface area (Å²) in [5, 5.41) is 9.90. The second kappa shape index (κ2) is 5.49. The molecule has 1 aromatic carbocycles. The molecule has 0 fully saturated rings. The van der Waals surface area contributed by atoms with Gasteiger partial charge in [0.15, 0.2) is 5.09 Å². The van der Waals surface area contributed by atoms with Crippen molar-refractivity contribution in [3.05, 3.63) is 60.0 Å². The molecule has 6 heteroatoms. The summed E-state index contributed by atoms with van der Waals surface area (Å²) in [4.78, 5) is 15.0. The van der Waals surface area contributed by atoms with Crippen LogP contribution in [0, 0.1) is 0 Å². The van der Waals surface area contributed by atoms with Gasteiger partial charge in [-0.25, -0.2) is 4.79 Å². The van der Waals surface area contributed by atoms with Crippen molar-refractivity contribution in [1.82, 2.24) is 4.98 Å². The van der Waals surface area contributed by atoms with Crippen LogP contribution in [0.4, 0.5) is 0 Å². The molecule has 2 heterocycles. The number of nitrogens with zero attached hydrogens (tertiary/aromatic N) is 1. The first-order valence-corrected chi connectivity index (χ1v) is 7.51. The Balaban J connectivity index is 1.91. The maximum atomic E-state index is 12.3. The van der Waals surface area contributed by atoms with Gasteiger partial charge in [-0.1, -0.05) is 18.2 Å². The summed E-state index contributed by atoms with van der Waals surface area (Å²) in [6.45, 7) is 0. The lowest BCUT2D eigenvalue weighted by molar-refractivity contribution is 0.0656. The number of rotatable bonds is 4. The SMILES string of the molecule is O=C(O)c1ccc(S(=O)Cc2ccnc3ccccc23)o1. The van der Waals surface area contributed by atoms with Crippen LogP contribution in [-0.2, 0) is 16.6 Å². The van der Waals surface area contributed by atoms with E-state index >= 15 is 0 Å². The Kier molecular flexibility index (Phi) is 3.53. The number of furan rings is 1. The van der Waals surface area contributed by atoms with Crippen molar-refractivity contribution in [3.63, 3.8) is 0 Å². The summed E-state index contributed by atoms with van der Waals surface area (Å²) in [5.41, 5.74) is 1.71. The minimum absolute atomic E-state index is 0.160. The number of hydrogen-bond acceptors (Lipinski definition) is 4. The van der Waals surface area contributed by atoms with Crippen molar-refractivity contribution < 1.29 is 18.5 Å². The van der Waals surface area contributed by atoms with Crippen LogP contribution in [0.25, 0.3) is 10.9 Å². The molecule has 106 valence electrons. The molecule has 0 aliphatic rings. The van der Waals surface area contributed by atoms with E-state index in [0.29, 0.717) is 0 Å². The van der Waals surface area contributed by atoms with E-state index < -0.39 is 16.8 Å². The number of fused-ring (bicyclic) bond motifs is 1. The van der Waals surface area contributed by atoms with Gasteiger partial charge in [-0.05, 0) is 29.8 Å². The van der Waals surface area contributed by atoms with Crippen molar-refractivity contribution in [1.29, 1.82) is 0 Å². The average Bonchev–Trinajstić information content (AvgIpc) is 2.98. The summed E-state index contributed by atoms with van der Waals surface area (Å²) in [6, 6.07) is 12.1. The Morgan fingerprint density at radius 1 is 1.19 bits per heavy atom. The highest BCUT2D eigenvalue weighted by Crippen LogP contribution is 2.21. The molecular weight excluding hydrogens is 290 g/mol. The van der Waals surface area contributed by atoms with Gasteiger partial charge in [-0.2, -0.15) is 0 Å². The summed E-state index contributed by atoms with van der Waals surface area (Å²) in [6.07, 6.45) is 1.67. The van der Waals surface area contributed by atoms with Gasteiger partial charge in [0, 0.05) is 11.6 Å². The lowest BCUT2D eigenvalue weighted by Crippen LogP contribution is -1.97. The van der Waals surface area contributed by atoms with Gasteiger partial charge in [0.25, 0.3) is 0 Å². The Morgan fingerprint density at radius 3 is 2.76 bits per heavy atom. The van der Waals surface area contributed by atoms with E-state index in [0.717, 1.165) is 16.5 Å². The highest BCUT2D eigenvalue weighted by atomic mass is 32.2. The van der Waals surface area contributed by atoms with Crippen molar-refractivity contribution in [2.45, 2.75) is 10.8 Å². The minimum atomic E-state index is -1.44. The highest BCUT2D eigenvalue weighted by Gasteiger charge is 2.15. The predicted molar refractivity (Wildman–Crippen MR) is 77.5 cm³/mol. The Bertz CT molecular complexity index is 835. The average molecular weight is 301 g/mol. The van der Waals surface area contributed by atoms with Crippen LogP contribution >= 0.6 is 0 Å². The van der Waals surface area contributed by atoms with Crippen molar-refractivity contribution in [2.24, 2.45) is 0 Å². The molecular formula is C15H11NO4S. The molecule has 5 nitrogen and oxygen atoms in total. The van der Waals surface area contributed by atoms with E-state index in [-0.39, 0.29) is 16.6 Å². The first kappa shape index (κ1) is 13.5. The van der Waals surface area contributed by atoms with Gasteiger partial charge in [-0.15, -0.1) is 0 Å². The molecule has 3 rings (SSSR count). The summed E-state index contributed by atoms with van der Waals surface area (Å²) >= 11 is 0. The predicted octanol–water partition coefficient (Wildman–Crippen LogP) is 2.83. The fourth-order valence-corrected chi connectivity index (χ4v) is 3.13. The van der Waals surface area contributed by atoms with Gasteiger partial charge in [0.1, 0.15) is 0 Å². The fraction of sp³-hybridized carbons (Fsp3) is 0.0667. The normalized spacial score (nSPS) is 12.4. The van der Waals surface area contributed by atoms with E-state index in [1.54, 1.807) is 12.3 Å². The minimum Gasteiger partial charge on any atom is -0.475 e. The van der Waals surface area contributed by atoms with Gasteiger partial charge in [0.2, 0.25) is 5.76 Å². The number of para-hydroxylation sites is 1. The second-order valence-electron chi connectivity index (χ2n) is 4.40. The van der Waals surface area contributed by atoms with Crippen LogP contribution in [0.2, 0.25) is 0 Å². The zero-order chi connectivity index (χ0) is 14.8. The van der Waals surface area contributed by atoms with Crippen molar-refractivity contribution in [2.75, 3.05) is 0 Å². The van der Waals surface area contributed by atoms with E-state index in [9.17, 15) is 9.00 Å². The zero-order valence-corrected chi connectivity index (χ0v) is 11.7. The molecule has 1 N–H and O–H groups in total. The smallest absolute Gasteiger partial charge is 0.371 e. The summed E-state index contributed by atoms with van der Waals surface area (Å²) in [7, 11) is -1.44. The first-order chi connectivity index (χ1) is 10.1. The number of benzene rings is 1. The third-order valence-corrected chi connectivity index (χ3v) is 4.28. The van der Waals surface area contributed by atoms with Crippen LogP contribution in [0.15, 0.2) is 58.2 Å². The standard InChI is InChI=1S/C15H11NO4S/c17-15(18)13-5-6-14(20-13)21(19)9-10-7-8-16-12-4-2-1-3-11(10)12/h1-8H,9H2,(H,17,18). The summed E-state index contributed by atoms with van der Waals surface area (Å²) < 4.78 is 17.4. The maximum absolute atomic E-state index is 12.3. The van der Waals surface area contributed by atoms with E-state index in [4.69, 9.17) is 9.52 Å². The van der Waals surface area contributed by atoms with Gasteiger partial charge >= 0.3 is 5.97 Å². The number of carboxylic acid groups (broad SMARTS) is 1. The largest absolute Gasteiger partial charge is 0.475 e. The number of pyridine rings is 1. The monoisotopic (exact) mass is 301 g/mol. The lowest BCUT2D eigenvalue weighted by Gasteiger charge is -2.04. The number of aromatic nitrogens is 1. The van der Waals surface area contributed by atoms with E-state index in [1.807, 2.05) is 24.3 Å². The molecule has 0 aliphatic carbocycles. The topological polar surface area (TPSA) is 80.4 Å². The molecule has 2 aromatic heterocycles.